The van der Waals surface area contributed by atoms with Crippen molar-refractivity contribution in [1.82, 2.24) is 9.80 Å². The van der Waals surface area contributed by atoms with Gasteiger partial charge in [0.25, 0.3) is 0 Å². The van der Waals surface area contributed by atoms with Crippen LogP contribution in [0.25, 0.3) is 0 Å². The van der Waals surface area contributed by atoms with Gasteiger partial charge in [0.15, 0.2) is 0 Å². The molecule has 0 saturated carbocycles. The normalized spacial score (nSPS) is 24.9. The minimum Gasteiger partial charge on any atom is -0.368 e. The summed E-state index contributed by atoms with van der Waals surface area (Å²) in [6.07, 6.45) is 4.74. The molecular weight excluding hydrogens is 288 g/mol. The predicted molar refractivity (Wildman–Crippen MR) is 77.0 cm³/mol. The van der Waals surface area contributed by atoms with Crippen molar-refractivity contribution in [2.24, 2.45) is 11.5 Å². The maximum absolute atomic E-state index is 12.1. The van der Waals surface area contributed by atoms with Crippen molar-refractivity contribution >= 4 is 23.6 Å². The van der Waals surface area contributed by atoms with E-state index < -0.39 is 35.7 Å². The lowest BCUT2D eigenvalue weighted by molar-refractivity contribution is -0.134. The minimum absolute atomic E-state index is 0.426. The van der Waals surface area contributed by atoms with Crippen LogP contribution in [0.3, 0.4) is 0 Å². The molecule has 4 amide bonds. The van der Waals surface area contributed by atoms with E-state index in [9.17, 15) is 19.2 Å². The molecule has 0 radical (unpaired) electrons. The summed E-state index contributed by atoms with van der Waals surface area (Å²) in [5, 5.41) is 0. The summed E-state index contributed by atoms with van der Waals surface area (Å²) < 4.78 is 0. The summed E-state index contributed by atoms with van der Waals surface area (Å²) in [5.41, 5.74) is 10.5. The van der Waals surface area contributed by atoms with Gasteiger partial charge in [-0.15, -0.1) is 0 Å². The maximum Gasteiger partial charge on any atom is 0.247 e. The van der Waals surface area contributed by atoms with Crippen LogP contribution in [0, 0.1) is 0 Å². The zero-order valence-electron chi connectivity index (χ0n) is 12.2. The zero-order valence-corrected chi connectivity index (χ0v) is 12.2. The fraction of sp³-hybridized carbons (Fsp3) is 0.571. The van der Waals surface area contributed by atoms with Crippen LogP contribution in [0.15, 0.2) is 12.2 Å². The third-order valence-electron chi connectivity index (χ3n) is 4.10. The van der Waals surface area contributed by atoms with Crippen LogP contribution in [-0.2, 0) is 19.2 Å². The molecule has 0 aromatic heterocycles. The number of carbonyl (C=O) groups excluding carboxylic acids is 4. The standard InChI is InChI=1S/C14H20N4O4/c15-13(21)9-3-1-7-17(9)11(19)5-6-12(20)18-8-2-4-10(18)14(16)22/h5-6,9-10H,1-4,7-8H2,(H2,15,21)(H2,16,22)/b6-5+. The number of nitrogens with zero attached hydrogens (tertiary/aromatic N) is 2. The third kappa shape index (κ3) is 3.26. The monoisotopic (exact) mass is 308 g/mol. The molecule has 2 aliphatic rings. The van der Waals surface area contributed by atoms with Crippen molar-refractivity contribution in [2.45, 2.75) is 37.8 Å². The summed E-state index contributed by atoms with van der Waals surface area (Å²) in [6, 6.07) is -1.23. The molecule has 4 N–H and O–H groups in total. The number of likely N-dealkylation sites (tertiary alicyclic amines) is 2. The molecule has 2 unspecified atom stereocenters. The van der Waals surface area contributed by atoms with Gasteiger partial charge in [-0.2, -0.15) is 0 Å². The van der Waals surface area contributed by atoms with E-state index in [1.807, 2.05) is 0 Å². The lowest BCUT2D eigenvalue weighted by atomic mass is 10.2. The van der Waals surface area contributed by atoms with Crippen LogP contribution >= 0.6 is 0 Å². The molecule has 0 spiro atoms. The first kappa shape index (κ1) is 16.0. The summed E-state index contributed by atoms with van der Waals surface area (Å²) >= 11 is 0. The number of nitrogens with two attached hydrogens (primary N) is 2. The second kappa shape index (κ2) is 6.59. The molecule has 8 nitrogen and oxygen atoms in total. The Labute approximate surface area is 128 Å². The summed E-state index contributed by atoms with van der Waals surface area (Å²) in [4.78, 5) is 49.4. The Balaban J connectivity index is 1.99. The lowest BCUT2D eigenvalue weighted by Crippen LogP contribution is -2.44. The average molecular weight is 308 g/mol. The summed E-state index contributed by atoms with van der Waals surface area (Å²) in [5.74, 6) is -1.94. The van der Waals surface area contributed by atoms with Gasteiger partial charge in [-0.25, -0.2) is 0 Å². The first-order valence-electron chi connectivity index (χ1n) is 7.29. The summed E-state index contributed by atoms with van der Waals surface area (Å²) in [7, 11) is 0. The van der Waals surface area contributed by atoms with E-state index >= 15 is 0 Å². The van der Waals surface area contributed by atoms with E-state index in [2.05, 4.69) is 0 Å². The topological polar surface area (TPSA) is 127 Å². The van der Waals surface area contributed by atoms with Gasteiger partial charge in [0.05, 0.1) is 0 Å². The Bertz CT molecular complexity index is 485. The van der Waals surface area contributed by atoms with Gasteiger partial charge in [-0.1, -0.05) is 0 Å². The first-order valence-corrected chi connectivity index (χ1v) is 7.29. The van der Waals surface area contributed by atoms with Crippen LogP contribution in [0.5, 0.6) is 0 Å². The Kier molecular flexibility index (Phi) is 4.79. The molecule has 22 heavy (non-hydrogen) atoms. The van der Waals surface area contributed by atoms with Crippen molar-refractivity contribution < 1.29 is 19.2 Å². The smallest absolute Gasteiger partial charge is 0.247 e. The number of carbonyl (C=O) groups is 4. The van der Waals surface area contributed by atoms with Gasteiger partial charge in [0.2, 0.25) is 23.6 Å². The molecule has 2 fully saturated rings. The number of amides is 4. The minimum atomic E-state index is -0.614. The third-order valence-corrected chi connectivity index (χ3v) is 4.10. The fourth-order valence-corrected chi connectivity index (χ4v) is 2.99. The fourth-order valence-electron chi connectivity index (χ4n) is 2.99. The van der Waals surface area contributed by atoms with Crippen molar-refractivity contribution in [3.05, 3.63) is 12.2 Å². The van der Waals surface area contributed by atoms with Crippen LogP contribution in [0.4, 0.5) is 0 Å². The Morgan fingerprint density at radius 2 is 1.14 bits per heavy atom. The average Bonchev–Trinajstić information content (AvgIpc) is 3.12. The Morgan fingerprint density at radius 3 is 1.45 bits per heavy atom. The summed E-state index contributed by atoms with van der Waals surface area (Å²) in [6.45, 7) is 0.886. The molecule has 0 aliphatic carbocycles. The number of rotatable bonds is 4. The second-order valence-corrected chi connectivity index (χ2v) is 5.52. The van der Waals surface area contributed by atoms with Crippen molar-refractivity contribution in [1.29, 1.82) is 0 Å². The molecule has 2 rings (SSSR count). The van der Waals surface area contributed by atoms with Crippen LogP contribution < -0.4 is 11.5 Å². The van der Waals surface area contributed by atoms with E-state index in [4.69, 9.17) is 11.5 Å². The highest BCUT2D eigenvalue weighted by atomic mass is 16.2. The quantitative estimate of drug-likeness (QED) is 0.612. The molecular formula is C14H20N4O4. The molecule has 0 aromatic rings. The largest absolute Gasteiger partial charge is 0.368 e. The molecule has 2 aliphatic heterocycles. The van der Waals surface area contributed by atoms with Gasteiger partial charge in [-0.3, -0.25) is 19.2 Å². The number of hydrogen-bond acceptors (Lipinski definition) is 4. The second-order valence-electron chi connectivity index (χ2n) is 5.52. The van der Waals surface area contributed by atoms with Crippen LogP contribution in [0.2, 0.25) is 0 Å². The van der Waals surface area contributed by atoms with Crippen molar-refractivity contribution in [2.75, 3.05) is 13.1 Å². The van der Waals surface area contributed by atoms with Gasteiger partial charge in [0, 0.05) is 25.2 Å². The zero-order chi connectivity index (χ0) is 16.3. The first-order chi connectivity index (χ1) is 10.4. The van der Waals surface area contributed by atoms with E-state index in [0.717, 1.165) is 12.2 Å². The van der Waals surface area contributed by atoms with Gasteiger partial charge >= 0.3 is 0 Å². The molecule has 2 saturated heterocycles. The highest BCUT2D eigenvalue weighted by Gasteiger charge is 2.33. The van der Waals surface area contributed by atoms with Crippen molar-refractivity contribution in [3.63, 3.8) is 0 Å². The predicted octanol–water partition coefficient (Wildman–Crippen LogP) is -1.50. The molecule has 0 aromatic carbocycles. The van der Waals surface area contributed by atoms with E-state index in [1.54, 1.807) is 0 Å². The molecule has 2 atom stereocenters. The Hall–Kier alpha value is -2.38. The van der Waals surface area contributed by atoms with E-state index in [0.29, 0.717) is 38.8 Å². The number of primary amides is 2. The lowest BCUT2D eigenvalue weighted by Gasteiger charge is -2.21. The highest BCUT2D eigenvalue weighted by molar-refractivity contribution is 6.00. The number of hydrogen-bond donors (Lipinski definition) is 2. The van der Waals surface area contributed by atoms with E-state index in [1.165, 1.54) is 9.80 Å². The Morgan fingerprint density at radius 1 is 0.773 bits per heavy atom. The van der Waals surface area contributed by atoms with Crippen LogP contribution in [0.1, 0.15) is 25.7 Å². The van der Waals surface area contributed by atoms with Gasteiger partial charge in [0.1, 0.15) is 12.1 Å². The van der Waals surface area contributed by atoms with Crippen molar-refractivity contribution in [3.8, 4) is 0 Å². The molecule has 8 heteroatoms. The SMILES string of the molecule is NC(=O)C1CCCN1C(=O)/C=C/C(=O)N1CCCC1C(N)=O. The van der Waals surface area contributed by atoms with Gasteiger partial charge < -0.3 is 21.3 Å². The molecule has 0 bridgehead atoms. The van der Waals surface area contributed by atoms with Gasteiger partial charge in [-0.05, 0) is 25.7 Å². The highest BCUT2D eigenvalue weighted by Crippen LogP contribution is 2.19. The molecule has 2 heterocycles. The van der Waals surface area contributed by atoms with Crippen LogP contribution in [-0.4, -0.2) is 58.6 Å². The molecule has 120 valence electrons. The van der Waals surface area contributed by atoms with E-state index in [-0.39, 0.29) is 0 Å². The maximum atomic E-state index is 12.1.